The van der Waals surface area contributed by atoms with Gasteiger partial charge in [-0.2, -0.15) is 27.6 Å². The quantitative estimate of drug-likeness (QED) is 0.656. The highest BCUT2D eigenvalue weighted by Gasteiger charge is 2.28. The number of rotatable bonds is 7. The van der Waals surface area contributed by atoms with Gasteiger partial charge in [-0.3, -0.25) is 9.48 Å². The van der Waals surface area contributed by atoms with Gasteiger partial charge in [0, 0.05) is 19.2 Å². The molecule has 2 aromatic rings. The first kappa shape index (κ1) is 21.8. The van der Waals surface area contributed by atoms with E-state index in [0.29, 0.717) is 0 Å². The van der Waals surface area contributed by atoms with Crippen LogP contribution in [0.2, 0.25) is 0 Å². The van der Waals surface area contributed by atoms with E-state index in [2.05, 4.69) is 25.7 Å². The van der Waals surface area contributed by atoms with E-state index in [1.165, 1.54) is 13.1 Å². The lowest BCUT2D eigenvalue weighted by Crippen LogP contribution is -2.37. The van der Waals surface area contributed by atoms with Crippen molar-refractivity contribution in [3.05, 3.63) is 24.4 Å². The van der Waals surface area contributed by atoms with Crippen molar-refractivity contribution in [3.8, 4) is 5.88 Å². The van der Waals surface area contributed by atoms with Gasteiger partial charge in [-0.05, 0) is 31.6 Å². The molecular formula is C18H22F4N6O2. The first-order chi connectivity index (χ1) is 14.2. The minimum absolute atomic E-state index is 0.0210. The van der Waals surface area contributed by atoms with Crippen molar-refractivity contribution in [2.24, 2.45) is 5.92 Å². The molecule has 0 bridgehead atoms. The number of nitrogens with zero attached hydrogens (tertiary/aromatic N) is 4. The Morgan fingerprint density at radius 3 is 2.67 bits per heavy atom. The van der Waals surface area contributed by atoms with E-state index in [1.807, 2.05) is 0 Å². The van der Waals surface area contributed by atoms with Crippen molar-refractivity contribution in [2.75, 3.05) is 11.9 Å². The molecule has 164 valence electrons. The molecule has 1 aliphatic rings. The minimum atomic E-state index is -4.39. The van der Waals surface area contributed by atoms with Crippen LogP contribution in [0.1, 0.15) is 32.6 Å². The Balaban J connectivity index is 1.54. The summed E-state index contributed by atoms with van der Waals surface area (Å²) in [5, 5.41) is 9.18. The molecule has 0 unspecified atom stereocenters. The van der Waals surface area contributed by atoms with Crippen molar-refractivity contribution < 1.29 is 27.1 Å². The lowest BCUT2D eigenvalue weighted by atomic mass is 9.86. The first-order valence-electron chi connectivity index (χ1n) is 9.46. The second-order valence-electron chi connectivity index (χ2n) is 7.24. The number of halogens is 4. The number of hydrogen-bond donors (Lipinski definition) is 2. The fourth-order valence-electron chi connectivity index (χ4n) is 3.30. The number of amides is 1. The van der Waals surface area contributed by atoms with E-state index in [-0.39, 0.29) is 42.0 Å². The Labute approximate surface area is 170 Å². The zero-order valence-electron chi connectivity index (χ0n) is 16.2. The van der Waals surface area contributed by atoms with E-state index in [9.17, 15) is 22.4 Å². The number of ether oxygens (including phenoxy) is 1. The van der Waals surface area contributed by atoms with Gasteiger partial charge in [-0.1, -0.05) is 0 Å². The predicted molar refractivity (Wildman–Crippen MR) is 98.6 cm³/mol. The molecule has 2 N–H and O–H groups in total. The van der Waals surface area contributed by atoms with Gasteiger partial charge >= 0.3 is 6.18 Å². The fourth-order valence-corrected chi connectivity index (χ4v) is 3.30. The molecule has 1 aliphatic carbocycles. The number of nitrogens with one attached hydrogen (secondary N) is 2. The summed E-state index contributed by atoms with van der Waals surface area (Å²) in [5.74, 6) is -0.838. The third-order valence-corrected chi connectivity index (χ3v) is 4.65. The Kier molecular flexibility index (Phi) is 6.73. The normalized spacial score (nSPS) is 19.4. The van der Waals surface area contributed by atoms with E-state index >= 15 is 0 Å². The maximum Gasteiger partial charge on any atom is 0.408 e. The molecule has 0 atom stereocenters. The van der Waals surface area contributed by atoms with Crippen molar-refractivity contribution in [2.45, 2.75) is 51.4 Å². The monoisotopic (exact) mass is 430 g/mol. The number of carbonyl (C=O) groups is 1. The number of aromatic nitrogens is 4. The van der Waals surface area contributed by atoms with Crippen molar-refractivity contribution >= 4 is 17.5 Å². The fraction of sp³-hybridized carbons (Fsp3) is 0.556. The number of alkyl halides is 3. The number of hydrogen-bond acceptors (Lipinski definition) is 6. The zero-order chi connectivity index (χ0) is 21.7. The average molecular weight is 430 g/mol. The largest absolute Gasteiger partial charge is 0.475 e. The Morgan fingerprint density at radius 2 is 2.00 bits per heavy atom. The molecule has 30 heavy (non-hydrogen) atoms. The lowest BCUT2D eigenvalue weighted by molar-refractivity contribution is -0.142. The molecule has 1 amide bonds. The SMILES string of the molecule is CC(=O)NC1CCC(COc2nc(Nc3cnn(CC(F)(F)F)c3)ncc2F)CC1. The van der Waals surface area contributed by atoms with Crippen LogP contribution in [0.3, 0.4) is 0 Å². The summed E-state index contributed by atoms with van der Waals surface area (Å²) in [4.78, 5) is 18.8. The summed E-state index contributed by atoms with van der Waals surface area (Å²) in [6.07, 6.45) is 2.20. The molecule has 1 fully saturated rings. The van der Waals surface area contributed by atoms with Crippen molar-refractivity contribution in [1.29, 1.82) is 0 Å². The second kappa shape index (κ2) is 9.26. The van der Waals surface area contributed by atoms with Crippen LogP contribution < -0.4 is 15.4 Å². The summed E-state index contributed by atoms with van der Waals surface area (Å²) in [6.45, 7) is 0.529. The molecule has 0 spiro atoms. The van der Waals surface area contributed by atoms with E-state index < -0.39 is 18.5 Å². The first-order valence-corrected chi connectivity index (χ1v) is 9.46. The molecule has 0 aliphatic heterocycles. The van der Waals surface area contributed by atoms with Crippen LogP contribution in [0.5, 0.6) is 5.88 Å². The Morgan fingerprint density at radius 1 is 1.27 bits per heavy atom. The molecule has 0 aromatic carbocycles. The molecular weight excluding hydrogens is 408 g/mol. The summed E-state index contributed by atoms with van der Waals surface area (Å²) < 4.78 is 57.5. The molecule has 0 saturated heterocycles. The van der Waals surface area contributed by atoms with E-state index in [4.69, 9.17) is 4.74 Å². The standard InChI is InChI=1S/C18H22F4N6O2/c1-11(29)25-13-4-2-12(3-5-13)9-30-16-15(19)7-23-17(27-16)26-14-6-24-28(8-14)10-18(20,21)22/h6-8,12-13H,2-5,9-10H2,1H3,(H,25,29)(H,23,26,27). The topological polar surface area (TPSA) is 94.0 Å². The number of anilines is 2. The van der Waals surface area contributed by atoms with Crippen LogP contribution in [0, 0.1) is 11.7 Å². The maximum atomic E-state index is 14.0. The molecule has 3 rings (SSSR count). The Bertz CT molecular complexity index is 865. The van der Waals surface area contributed by atoms with Gasteiger partial charge in [-0.15, -0.1) is 0 Å². The van der Waals surface area contributed by atoms with Gasteiger partial charge in [0.05, 0.1) is 24.7 Å². The zero-order valence-corrected chi connectivity index (χ0v) is 16.2. The molecule has 0 radical (unpaired) electrons. The van der Waals surface area contributed by atoms with Crippen molar-refractivity contribution in [1.82, 2.24) is 25.1 Å². The average Bonchev–Trinajstić information content (AvgIpc) is 3.08. The van der Waals surface area contributed by atoms with Gasteiger partial charge in [-0.25, -0.2) is 4.98 Å². The van der Waals surface area contributed by atoms with Gasteiger partial charge in [0.25, 0.3) is 5.88 Å². The van der Waals surface area contributed by atoms with Crippen molar-refractivity contribution in [3.63, 3.8) is 0 Å². The van der Waals surface area contributed by atoms with Crippen LogP contribution in [-0.2, 0) is 11.3 Å². The molecule has 8 nitrogen and oxygen atoms in total. The third-order valence-electron chi connectivity index (χ3n) is 4.65. The minimum Gasteiger partial charge on any atom is -0.475 e. The Hall–Kier alpha value is -2.92. The summed E-state index contributed by atoms with van der Waals surface area (Å²) in [5.41, 5.74) is 0.230. The highest BCUT2D eigenvalue weighted by atomic mass is 19.4. The van der Waals surface area contributed by atoms with Crippen LogP contribution in [0.25, 0.3) is 0 Å². The highest BCUT2D eigenvalue weighted by molar-refractivity contribution is 5.73. The van der Waals surface area contributed by atoms with E-state index in [1.54, 1.807) is 0 Å². The predicted octanol–water partition coefficient (Wildman–Crippen LogP) is 3.19. The molecule has 12 heteroatoms. The lowest BCUT2D eigenvalue weighted by Gasteiger charge is -2.28. The maximum absolute atomic E-state index is 14.0. The van der Waals surface area contributed by atoms with E-state index in [0.717, 1.165) is 42.8 Å². The van der Waals surface area contributed by atoms with Crippen LogP contribution in [-0.4, -0.2) is 44.5 Å². The summed E-state index contributed by atoms with van der Waals surface area (Å²) in [6, 6.07) is 0.156. The van der Waals surface area contributed by atoms with Gasteiger partial charge in [0.2, 0.25) is 17.7 Å². The van der Waals surface area contributed by atoms with Gasteiger partial charge in [0.1, 0.15) is 6.54 Å². The summed E-state index contributed by atoms with van der Waals surface area (Å²) >= 11 is 0. The molecule has 2 heterocycles. The molecule has 2 aromatic heterocycles. The third kappa shape index (κ3) is 6.56. The highest BCUT2D eigenvalue weighted by Crippen LogP contribution is 2.26. The smallest absolute Gasteiger partial charge is 0.408 e. The van der Waals surface area contributed by atoms with Crippen LogP contribution in [0.4, 0.5) is 29.2 Å². The van der Waals surface area contributed by atoms with Crippen LogP contribution >= 0.6 is 0 Å². The summed E-state index contributed by atoms with van der Waals surface area (Å²) in [7, 11) is 0. The van der Waals surface area contributed by atoms with Gasteiger partial charge < -0.3 is 15.4 Å². The molecule has 1 saturated carbocycles. The number of carbonyl (C=O) groups excluding carboxylic acids is 1. The van der Waals surface area contributed by atoms with Crippen LogP contribution in [0.15, 0.2) is 18.6 Å². The van der Waals surface area contributed by atoms with Gasteiger partial charge in [0.15, 0.2) is 0 Å². The second-order valence-corrected chi connectivity index (χ2v) is 7.24.